The maximum atomic E-state index is 3.68. The van der Waals surface area contributed by atoms with E-state index in [1.54, 1.807) is 0 Å². The zero-order valence-corrected chi connectivity index (χ0v) is 11.4. The summed E-state index contributed by atoms with van der Waals surface area (Å²) in [6, 6.07) is 0.789. The van der Waals surface area contributed by atoms with Crippen molar-refractivity contribution in [2.45, 2.75) is 46.6 Å². The van der Waals surface area contributed by atoms with Crippen LogP contribution in [0.3, 0.4) is 0 Å². The molecule has 2 aliphatic rings. The third-order valence-electron chi connectivity index (χ3n) is 4.67. The molecule has 0 aromatic carbocycles. The monoisotopic (exact) mass is 224 g/mol. The van der Waals surface area contributed by atoms with E-state index in [2.05, 4.69) is 37.9 Å². The second kappa shape index (κ2) is 4.66. The van der Waals surface area contributed by atoms with Gasteiger partial charge in [0.2, 0.25) is 0 Å². The summed E-state index contributed by atoms with van der Waals surface area (Å²) in [7, 11) is 0. The second-order valence-corrected chi connectivity index (χ2v) is 6.78. The van der Waals surface area contributed by atoms with Gasteiger partial charge >= 0.3 is 0 Å². The van der Waals surface area contributed by atoms with Gasteiger partial charge in [-0.25, -0.2) is 0 Å². The van der Waals surface area contributed by atoms with Crippen LogP contribution < -0.4 is 5.32 Å². The molecule has 0 aromatic rings. The Balaban J connectivity index is 1.84. The molecule has 1 saturated heterocycles. The molecule has 0 aromatic heterocycles. The van der Waals surface area contributed by atoms with Crippen LogP contribution in [0, 0.1) is 17.3 Å². The zero-order chi connectivity index (χ0) is 11.8. The molecule has 1 N–H and O–H groups in total. The standard InChI is InChI=1S/C14H28N2/c1-11(2)14(3,4)10-16-8-7-15-13(9-16)12-5-6-12/h11-13,15H,5-10H2,1-4H3. The Hall–Kier alpha value is -0.0800. The van der Waals surface area contributed by atoms with Crippen molar-refractivity contribution in [1.29, 1.82) is 0 Å². The lowest BCUT2D eigenvalue weighted by atomic mass is 9.80. The van der Waals surface area contributed by atoms with Crippen molar-refractivity contribution in [2.24, 2.45) is 17.3 Å². The lowest BCUT2D eigenvalue weighted by Crippen LogP contribution is -2.54. The summed E-state index contributed by atoms with van der Waals surface area (Å²) >= 11 is 0. The topological polar surface area (TPSA) is 15.3 Å². The molecule has 1 aliphatic heterocycles. The first-order valence-corrected chi connectivity index (χ1v) is 6.95. The van der Waals surface area contributed by atoms with Crippen LogP contribution in [-0.2, 0) is 0 Å². The highest BCUT2D eigenvalue weighted by Crippen LogP contribution is 2.34. The van der Waals surface area contributed by atoms with Crippen LogP contribution in [0.25, 0.3) is 0 Å². The summed E-state index contributed by atoms with van der Waals surface area (Å²) in [6.45, 7) is 14.5. The van der Waals surface area contributed by atoms with Crippen molar-refractivity contribution in [3.63, 3.8) is 0 Å². The number of hydrogen-bond donors (Lipinski definition) is 1. The number of nitrogens with zero attached hydrogens (tertiary/aromatic N) is 1. The molecule has 2 rings (SSSR count). The predicted molar refractivity (Wildman–Crippen MR) is 69.6 cm³/mol. The Bertz CT molecular complexity index is 231. The Labute approximate surface area is 101 Å². The minimum absolute atomic E-state index is 0.450. The van der Waals surface area contributed by atoms with Crippen molar-refractivity contribution in [3.8, 4) is 0 Å². The van der Waals surface area contributed by atoms with Gasteiger partial charge in [-0.1, -0.05) is 27.7 Å². The van der Waals surface area contributed by atoms with Gasteiger partial charge in [-0.15, -0.1) is 0 Å². The van der Waals surface area contributed by atoms with E-state index >= 15 is 0 Å². The van der Waals surface area contributed by atoms with Crippen LogP contribution >= 0.6 is 0 Å². The van der Waals surface area contributed by atoms with Crippen LogP contribution in [0.2, 0.25) is 0 Å². The fraction of sp³-hybridized carbons (Fsp3) is 1.00. The predicted octanol–water partition coefficient (Wildman–Crippen LogP) is 2.35. The molecule has 2 fully saturated rings. The Morgan fingerprint density at radius 1 is 1.31 bits per heavy atom. The van der Waals surface area contributed by atoms with Crippen molar-refractivity contribution < 1.29 is 0 Å². The zero-order valence-electron chi connectivity index (χ0n) is 11.4. The summed E-state index contributed by atoms with van der Waals surface area (Å²) < 4.78 is 0. The lowest BCUT2D eigenvalue weighted by Gasteiger charge is -2.40. The molecule has 94 valence electrons. The number of nitrogens with one attached hydrogen (secondary N) is 1. The van der Waals surface area contributed by atoms with Gasteiger partial charge in [0.25, 0.3) is 0 Å². The molecule has 0 spiro atoms. The summed E-state index contributed by atoms with van der Waals surface area (Å²) in [5, 5.41) is 3.68. The number of rotatable bonds is 4. The normalized spacial score (nSPS) is 28.7. The quantitative estimate of drug-likeness (QED) is 0.788. The average molecular weight is 224 g/mol. The van der Waals surface area contributed by atoms with Crippen molar-refractivity contribution in [1.82, 2.24) is 10.2 Å². The molecule has 2 heteroatoms. The molecule has 1 heterocycles. The first kappa shape index (κ1) is 12.4. The highest BCUT2D eigenvalue weighted by atomic mass is 15.2. The van der Waals surface area contributed by atoms with Gasteiger partial charge in [-0.2, -0.15) is 0 Å². The van der Waals surface area contributed by atoms with Crippen molar-refractivity contribution >= 4 is 0 Å². The third kappa shape index (κ3) is 2.98. The van der Waals surface area contributed by atoms with E-state index in [9.17, 15) is 0 Å². The first-order valence-electron chi connectivity index (χ1n) is 6.95. The average Bonchev–Trinajstić information content (AvgIpc) is 3.00. The SMILES string of the molecule is CC(C)C(C)(C)CN1CCNC(C2CC2)C1. The molecule has 0 bridgehead atoms. The maximum absolute atomic E-state index is 3.68. The van der Waals surface area contributed by atoms with E-state index in [1.165, 1.54) is 39.0 Å². The smallest absolute Gasteiger partial charge is 0.0223 e. The van der Waals surface area contributed by atoms with Crippen molar-refractivity contribution in [3.05, 3.63) is 0 Å². The molecule has 16 heavy (non-hydrogen) atoms. The number of piperazine rings is 1. The Morgan fingerprint density at radius 2 is 2.00 bits per heavy atom. The highest BCUT2D eigenvalue weighted by molar-refractivity contribution is 4.92. The summed E-state index contributed by atoms with van der Waals surface area (Å²) in [5.41, 5.74) is 0.450. The van der Waals surface area contributed by atoms with Gasteiger partial charge in [-0.3, -0.25) is 4.90 Å². The van der Waals surface area contributed by atoms with Crippen LogP contribution in [0.4, 0.5) is 0 Å². The summed E-state index contributed by atoms with van der Waals surface area (Å²) in [6.07, 6.45) is 2.91. The lowest BCUT2D eigenvalue weighted by molar-refractivity contribution is 0.102. The first-order chi connectivity index (χ1) is 7.49. The molecule has 1 aliphatic carbocycles. The van der Waals surface area contributed by atoms with E-state index in [-0.39, 0.29) is 0 Å². The Morgan fingerprint density at radius 3 is 2.56 bits per heavy atom. The fourth-order valence-electron chi connectivity index (χ4n) is 2.56. The van der Waals surface area contributed by atoms with Gasteiger partial charge in [0.1, 0.15) is 0 Å². The number of hydrogen-bond acceptors (Lipinski definition) is 2. The Kier molecular flexibility index (Phi) is 3.60. The van der Waals surface area contributed by atoms with E-state index in [4.69, 9.17) is 0 Å². The van der Waals surface area contributed by atoms with Crippen molar-refractivity contribution in [2.75, 3.05) is 26.2 Å². The maximum Gasteiger partial charge on any atom is 0.0223 e. The molecule has 0 radical (unpaired) electrons. The molecular formula is C14H28N2. The molecule has 1 atom stereocenters. The second-order valence-electron chi connectivity index (χ2n) is 6.78. The van der Waals surface area contributed by atoms with Gasteiger partial charge in [0.15, 0.2) is 0 Å². The third-order valence-corrected chi connectivity index (χ3v) is 4.67. The van der Waals surface area contributed by atoms with Crippen LogP contribution in [0.15, 0.2) is 0 Å². The highest BCUT2D eigenvalue weighted by Gasteiger charge is 2.35. The fourth-order valence-corrected chi connectivity index (χ4v) is 2.56. The molecule has 0 amide bonds. The largest absolute Gasteiger partial charge is 0.311 e. The molecular weight excluding hydrogens is 196 g/mol. The van der Waals surface area contributed by atoms with Gasteiger partial charge in [0.05, 0.1) is 0 Å². The summed E-state index contributed by atoms with van der Waals surface area (Å²) in [4.78, 5) is 2.68. The molecule has 1 saturated carbocycles. The van der Waals surface area contributed by atoms with Crippen LogP contribution in [-0.4, -0.2) is 37.1 Å². The van der Waals surface area contributed by atoms with E-state index in [0.717, 1.165) is 17.9 Å². The van der Waals surface area contributed by atoms with E-state index in [0.29, 0.717) is 5.41 Å². The van der Waals surface area contributed by atoms with Gasteiger partial charge in [0, 0.05) is 32.2 Å². The van der Waals surface area contributed by atoms with Gasteiger partial charge in [-0.05, 0) is 30.1 Å². The minimum atomic E-state index is 0.450. The van der Waals surface area contributed by atoms with Crippen LogP contribution in [0.5, 0.6) is 0 Å². The minimum Gasteiger partial charge on any atom is -0.311 e. The van der Waals surface area contributed by atoms with E-state index < -0.39 is 0 Å². The van der Waals surface area contributed by atoms with Crippen LogP contribution in [0.1, 0.15) is 40.5 Å². The summed E-state index contributed by atoms with van der Waals surface area (Å²) in [5.74, 6) is 1.76. The molecule has 1 unspecified atom stereocenters. The molecule has 2 nitrogen and oxygen atoms in total. The van der Waals surface area contributed by atoms with Gasteiger partial charge < -0.3 is 5.32 Å². The van der Waals surface area contributed by atoms with E-state index in [1.807, 2.05) is 0 Å².